The van der Waals surface area contributed by atoms with Gasteiger partial charge in [-0.05, 0) is 17.3 Å². The first-order valence-electron chi connectivity index (χ1n) is 5.67. The summed E-state index contributed by atoms with van der Waals surface area (Å²) in [7, 11) is 0. The summed E-state index contributed by atoms with van der Waals surface area (Å²) in [6, 6.07) is 0. The van der Waals surface area contributed by atoms with Crippen LogP contribution >= 0.6 is 84.9 Å². The van der Waals surface area contributed by atoms with E-state index in [4.69, 9.17) is 5.11 Å². The Kier molecular flexibility index (Phi) is 16.3. The first-order valence-corrected chi connectivity index (χ1v) is 11.7. The van der Waals surface area contributed by atoms with Crippen LogP contribution < -0.4 is 0 Å². The Labute approximate surface area is 145 Å². The number of aliphatic hydroxyl groups excluding tert-OH is 1. The van der Waals surface area contributed by atoms with Gasteiger partial charge in [-0.3, -0.25) is 0 Å². The summed E-state index contributed by atoms with van der Waals surface area (Å²) in [5, 5.41) is 8.91. The highest BCUT2D eigenvalue weighted by Gasteiger charge is 2.31. The SMILES string of the molecule is OCCSCC(SCCS)(SCCS)SCCS. The number of thioether (sulfide) groups is 4. The van der Waals surface area contributed by atoms with Gasteiger partial charge in [0.05, 0.1) is 6.61 Å². The van der Waals surface area contributed by atoms with Gasteiger partial charge < -0.3 is 5.11 Å². The average Bonchev–Trinajstić information content (AvgIpc) is 2.40. The molecule has 0 fully saturated rings. The van der Waals surface area contributed by atoms with Gasteiger partial charge in [0.25, 0.3) is 0 Å². The first kappa shape index (κ1) is 20.4. The molecule has 0 unspecified atom stereocenters. The van der Waals surface area contributed by atoms with E-state index in [-0.39, 0.29) is 10.0 Å². The van der Waals surface area contributed by atoms with E-state index >= 15 is 0 Å². The minimum atomic E-state index is 0.161. The summed E-state index contributed by atoms with van der Waals surface area (Å²) in [6.07, 6.45) is 0. The van der Waals surface area contributed by atoms with Gasteiger partial charge in [-0.2, -0.15) is 49.6 Å². The molecule has 1 nitrogen and oxygen atoms in total. The molecule has 0 aliphatic carbocycles. The number of hydrogen-bond donors (Lipinski definition) is 4. The number of aliphatic hydroxyl groups is 1. The highest BCUT2D eigenvalue weighted by Crippen LogP contribution is 2.49. The highest BCUT2D eigenvalue weighted by atomic mass is 32.3. The minimum Gasteiger partial charge on any atom is -0.396 e. The molecule has 0 aromatic carbocycles. The smallest absolute Gasteiger partial charge is 0.116 e. The average molecular weight is 383 g/mol. The molecule has 1 N–H and O–H groups in total. The monoisotopic (exact) mass is 382 g/mol. The third-order valence-electron chi connectivity index (χ3n) is 1.75. The third-order valence-corrected chi connectivity index (χ3v) is 10.1. The quantitative estimate of drug-likeness (QED) is 0.222. The van der Waals surface area contributed by atoms with Gasteiger partial charge in [0, 0.05) is 28.8 Å². The van der Waals surface area contributed by atoms with Crippen molar-refractivity contribution in [1.82, 2.24) is 0 Å². The van der Waals surface area contributed by atoms with Gasteiger partial charge in [-0.15, -0.1) is 35.3 Å². The topological polar surface area (TPSA) is 20.2 Å². The predicted octanol–water partition coefficient (Wildman–Crippen LogP) is 3.35. The van der Waals surface area contributed by atoms with Gasteiger partial charge in [0.1, 0.15) is 3.41 Å². The van der Waals surface area contributed by atoms with Crippen molar-refractivity contribution in [2.24, 2.45) is 0 Å². The van der Waals surface area contributed by atoms with Gasteiger partial charge >= 0.3 is 0 Å². The molecule has 0 aromatic heterocycles. The molecular formula is C10H22OS7. The molecule has 0 aromatic rings. The van der Waals surface area contributed by atoms with Gasteiger partial charge in [-0.1, -0.05) is 0 Å². The second kappa shape index (κ2) is 14.4. The van der Waals surface area contributed by atoms with Gasteiger partial charge in [0.2, 0.25) is 0 Å². The molecule has 0 spiro atoms. The third kappa shape index (κ3) is 10.2. The Morgan fingerprint density at radius 1 is 0.778 bits per heavy atom. The van der Waals surface area contributed by atoms with E-state index in [0.29, 0.717) is 0 Å². The fraction of sp³-hybridized carbons (Fsp3) is 1.00. The van der Waals surface area contributed by atoms with Crippen LogP contribution in [-0.4, -0.2) is 61.1 Å². The molecule has 0 atom stereocenters. The van der Waals surface area contributed by atoms with Crippen LogP contribution in [0.15, 0.2) is 0 Å². The van der Waals surface area contributed by atoms with Crippen molar-refractivity contribution in [3.8, 4) is 0 Å². The zero-order chi connectivity index (χ0) is 13.7. The van der Waals surface area contributed by atoms with E-state index in [9.17, 15) is 0 Å². The Morgan fingerprint density at radius 2 is 1.22 bits per heavy atom. The van der Waals surface area contributed by atoms with Crippen LogP contribution in [0.2, 0.25) is 0 Å². The predicted molar refractivity (Wildman–Crippen MR) is 106 cm³/mol. The summed E-state index contributed by atoms with van der Waals surface area (Å²) >= 11 is 20.7. The van der Waals surface area contributed by atoms with E-state index < -0.39 is 0 Å². The van der Waals surface area contributed by atoms with Crippen molar-refractivity contribution in [3.05, 3.63) is 0 Å². The Bertz CT molecular complexity index is 160. The Balaban J connectivity index is 4.41. The second-order valence-corrected chi connectivity index (χ2v) is 10.6. The van der Waals surface area contributed by atoms with Crippen LogP contribution in [0.25, 0.3) is 0 Å². The Hall–Kier alpha value is 2.41. The molecule has 0 saturated carbocycles. The van der Waals surface area contributed by atoms with Crippen LogP contribution in [0.4, 0.5) is 0 Å². The molecule has 0 heterocycles. The number of rotatable bonds is 13. The van der Waals surface area contributed by atoms with E-state index in [0.717, 1.165) is 46.0 Å². The molecule has 0 aliphatic heterocycles. The summed E-state index contributed by atoms with van der Waals surface area (Å²) in [6.45, 7) is 0.256. The lowest BCUT2D eigenvalue weighted by atomic mass is 10.9. The number of thiol groups is 3. The van der Waals surface area contributed by atoms with Crippen LogP contribution in [0.3, 0.4) is 0 Å². The molecule has 0 amide bonds. The van der Waals surface area contributed by atoms with Gasteiger partial charge in [-0.25, -0.2) is 0 Å². The fourth-order valence-electron chi connectivity index (χ4n) is 1.12. The van der Waals surface area contributed by atoms with Gasteiger partial charge in [0.15, 0.2) is 0 Å². The maximum atomic E-state index is 8.91. The molecule has 0 bridgehead atoms. The van der Waals surface area contributed by atoms with E-state index in [2.05, 4.69) is 37.9 Å². The summed E-state index contributed by atoms with van der Waals surface area (Å²) < 4.78 is 0.161. The van der Waals surface area contributed by atoms with Crippen molar-refractivity contribution < 1.29 is 5.11 Å². The molecule has 0 saturated heterocycles. The summed E-state index contributed by atoms with van der Waals surface area (Å²) in [4.78, 5) is 0. The molecule has 0 aliphatic rings. The lowest BCUT2D eigenvalue weighted by Gasteiger charge is -2.31. The van der Waals surface area contributed by atoms with Crippen molar-refractivity contribution in [3.63, 3.8) is 0 Å². The van der Waals surface area contributed by atoms with E-state index in [1.165, 1.54) is 0 Å². The van der Waals surface area contributed by atoms with E-state index in [1.54, 1.807) is 0 Å². The fourth-order valence-corrected chi connectivity index (χ4v) is 7.92. The lowest BCUT2D eigenvalue weighted by molar-refractivity contribution is 0.322. The van der Waals surface area contributed by atoms with Crippen LogP contribution in [0, 0.1) is 0 Å². The molecule has 18 heavy (non-hydrogen) atoms. The summed E-state index contributed by atoms with van der Waals surface area (Å²) in [5.41, 5.74) is 0. The van der Waals surface area contributed by atoms with Crippen molar-refractivity contribution in [1.29, 1.82) is 0 Å². The van der Waals surface area contributed by atoms with Crippen molar-refractivity contribution in [2.45, 2.75) is 3.41 Å². The first-order chi connectivity index (χ1) is 8.74. The van der Waals surface area contributed by atoms with Crippen LogP contribution in [0.5, 0.6) is 0 Å². The molecular weight excluding hydrogens is 361 g/mol. The molecule has 8 heteroatoms. The summed E-state index contributed by atoms with van der Waals surface area (Å²) in [5.74, 6) is 7.74. The van der Waals surface area contributed by atoms with Crippen molar-refractivity contribution in [2.75, 3.05) is 52.6 Å². The zero-order valence-electron chi connectivity index (χ0n) is 10.3. The second-order valence-electron chi connectivity index (χ2n) is 3.18. The molecule has 110 valence electrons. The lowest BCUT2D eigenvalue weighted by Crippen LogP contribution is -2.23. The van der Waals surface area contributed by atoms with Crippen LogP contribution in [-0.2, 0) is 0 Å². The standard InChI is InChI=1S/C10H22OS7/c11-1-5-15-9-10(16-6-2-12,17-7-3-13)18-8-4-14/h11-14H,1-9H2. The van der Waals surface area contributed by atoms with E-state index in [1.807, 2.05) is 47.0 Å². The maximum Gasteiger partial charge on any atom is 0.116 e. The Morgan fingerprint density at radius 3 is 1.56 bits per heavy atom. The van der Waals surface area contributed by atoms with Crippen LogP contribution in [0.1, 0.15) is 0 Å². The largest absolute Gasteiger partial charge is 0.396 e. The van der Waals surface area contributed by atoms with Crippen molar-refractivity contribution >= 4 is 84.9 Å². The normalized spacial score (nSPS) is 12.0. The molecule has 0 radical (unpaired) electrons. The highest BCUT2D eigenvalue weighted by molar-refractivity contribution is 8.34. The minimum absolute atomic E-state index is 0.161. The molecule has 0 rings (SSSR count). The maximum absolute atomic E-state index is 8.91. The zero-order valence-corrected chi connectivity index (χ0v) is 16.2. The number of hydrogen-bond acceptors (Lipinski definition) is 8.